The van der Waals surface area contributed by atoms with E-state index in [1.165, 1.54) is 0 Å². The van der Waals surface area contributed by atoms with Crippen molar-refractivity contribution in [3.05, 3.63) is 40.1 Å². The maximum Gasteiger partial charge on any atom is 0.341 e. The first-order chi connectivity index (χ1) is 10.2. The lowest BCUT2D eigenvalue weighted by atomic mass is 10.2. The first kappa shape index (κ1) is 16.0. The van der Waals surface area contributed by atoms with Gasteiger partial charge in [-0.2, -0.15) is 5.10 Å². The Balaban J connectivity index is 2.20. The van der Waals surface area contributed by atoms with Gasteiger partial charge in [-0.15, -0.1) is 23.5 Å². The van der Waals surface area contributed by atoms with Crippen molar-refractivity contribution in [3.8, 4) is 0 Å². The highest BCUT2D eigenvalue weighted by Crippen LogP contribution is 2.39. The number of nitrogens with zero attached hydrogens (tertiary/aromatic N) is 1. The first-order valence-electron chi connectivity index (χ1n) is 6.75. The van der Waals surface area contributed by atoms with Crippen LogP contribution in [0.15, 0.2) is 45.2 Å². The molecule has 1 fully saturated rings. The Morgan fingerprint density at radius 1 is 1.29 bits per heavy atom. The molecule has 1 aliphatic heterocycles. The molecule has 0 atom stereocenters. The van der Waals surface area contributed by atoms with Gasteiger partial charge in [-0.1, -0.05) is 18.2 Å². The molecule has 1 heterocycles. The molecule has 1 saturated heterocycles. The van der Waals surface area contributed by atoms with E-state index in [1.54, 1.807) is 23.5 Å². The van der Waals surface area contributed by atoms with Crippen molar-refractivity contribution in [2.45, 2.75) is 13.8 Å². The van der Waals surface area contributed by atoms with E-state index in [2.05, 4.69) is 10.5 Å². The minimum absolute atomic E-state index is 0.300. The zero-order valence-corrected chi connectivity index (χ0v) is 13.7. The van der Waals surface area contributed by atoms with Crippen molar-refractivity contribution < 1.29 is 9.53 Å². The van der Waals surface area contributed by atoms with E-state index in [0.717, 1.165) is 21.4 Å². The normalized spacial score (nSPS) is 15.0. The number of benzene rings is 1. The summed E-state index contributed by atoms with van der Waals surface area (Å²) >= 11 is 3.38. The number of ether oxygens (including phenoxy) is 1. The number of nitrogens with one attached hydrogen (secondary N) is 1. The summed E-state index contributed by atoms with van der Waals surface area (Å²) in [4.78, 5) is 12.2. The topological polar surface area (TPSA) is 50.7 Å². The fraction of sp³-hybridized carbons (Fsp3) is 0.333. The standard InChI is InChI=1S/C15H18N2O2S2/c1-3-19-14(18)13(15-20-9-10-21-15)11(2)16-17-12-7-5-4-6-8-12/h4-8,17H,3,9-10H2,1-2H3/b16-11+. The highest BCUT2D eigenvalue weighted by atomic mass is 32.2. The molecule has 0 unspecified atom stereocenters. The number of hydrogen-bond acceptors (Lipinski definition) is 6. The molecule has 21 heavy (non-hydrogen) atoms. The van der Waals surface area contributed by atoms with Crippen LogP contribution in [-0.2, 0) is 9.53 Å². The van der Waals surface area contributed by atoms with Crippen LogP contribution in [0.4, 0.5) is 5.69 Å². The fourth-order valence-electron chi connectivity index (χ4n) is 1.75. The predicted octanol–water partition coefficient (Wildman–Crippen LogP) is 3.73. The molecule has 1 aromatic carbocycles. The van der Waals surface area contributed by atoms with Crippen molar-refractivity contribution in [2.75, 3.05) is 23.5 Å². The van der Waals surface area contributed by atoms with Gasteiger partial charge < -0.3 is 4.74 Å². The number of para-hydroxylation sites is 1. The summed E-state index contributed by atoms with van der Waals surface area (Å²) < 4.78 is 6.16. The zero-order valence-electron chi connectivity index (χ0n) is 12.1. The molecular weight excluding hydrogens is 304 g/mol. The summed E-state index contributed by atoms with van der Waals surface area (Å²) in [5.74, 6) is 1.73. The minimum atomic E-state index is -0.300. The summed E-state index contributed by atoms with van der Waals surface area (Å²) in [6.07, 6.45) is 0. The lowest BCUT2D eigenvalue weighted by Gasteiger charge is -2.10. The summed E-state index contributed by atoms with van der Waals surface area (Å²) in [5, 5.41) is 4.32. The molecule has 1 aromatic rings. The van der Waals surface area contributed by atoms with E-state index in [-0.39, 0.29) is 5.97 Å². The molecule has 0 spiro atoms. The van der Waals surface area contributed by atoms with Crippen LogP contribution in [0.1, 0.15) is 13.8 Å². The lowest BCUT2D eigenvalue weighted by Crippen LogP contribution is -2.16. The van der Waals surface area contributed by atoms with Crippen LogP contribution >= 0.6 is 23.5 Å². The summed E-state index contributed by atoms with van der Waals surface area (Å²) in [5.41, 5.74) is 5.08. The number of hydrogen-bond donors (Lipinski definition) is 1. The SMILES string of the molecule is CCOC(=O)C(=C1SCCS1)/C(C)=N/Nc1ccccc1. The second-order valence-corrected chi connectivity index (χ2v) is 6.72. The second kappa shape index (κ2) is 8.14. The number of hydrazone groups is 1. The van der Waals surface area contributed by atoms with Crippen LogP contribution in [0.2, 0.25) is 0 Å². The molecule has 112 valence electrons. The van der Waals surface area contributed by atoms with Gasteiger partial charge >= 0.3 is 5.97 Å². The Hall–Kier alpha value is -1.40. The molecule has 1 aliphatic rings. The molecule has 1 N–H and O–H groups in total. The van der Waals surface area contributed by atoms with E-state index >= 15 is 0 Å². The predicted molar refractivity (Wildman–Crippen MR) is 91.7 cm³/mol. The van der Waals surface area contributed by atoms with Gasteiger partial charge in [-0.3, -0.25) is 5.43 Å². The van der Waals surface area contributed by atoms with Crippen LogP contribution in [0.25, 0.3) is 0 Å². The molecule has 0 aromatic heterocycles. The van der Waals surface area contributed by atoms with Crippen molar-refractivity contribution in [1.82, 2.24) is 0 Å². The molecule has 0 saturated carbocycles. The van der Waals surface area contributed by atoms with Gasteiger partial charge in [0.15, 0.2) is 0 Å². The Bertz CT molecular complexity index is 548. The molecule has 0 bridgehead atoms. The number of rotatable bonds is 5. The van der Waals surface area contributed by atoms with Crippen molar-refractivity contribution in [3.63, 3.8) is 0 Å². The third-order valence-corrected chi connectivity index (χ3v) is 5.44. The molecule has 4 nitrogen and oxygen atoms in total. The second-order valence-electron chi connectivity index (χ2n) is 4.25. The Labute approximate surface area is 133 Å². The zero-order chi connectivity index (χ0) is 15.1. The quantitative estimate of drug-likeness (QED) is 0.387. The van der Waals surface area contributed by atoms with Gasteiger partial charge in [0, 0.05) is 11.5 Å². The largest absolute Gasteiger partial charge is 0.462 e. The number of carbonyl (C=O) groups is 1. The fourth-order valence-corrected chi connectivity index (χ4v) is 4.38. The molecule has 0 amide bonds. The average Bonchev–Trinajstić information content (AvgIpc) is 3.00. The molecule has 6 heteroatoms. The smallest absolute Gasteiger partial charge is 0.341 e. The maximum absolute atomic E-state index is 12.2. The van der Waals surface area contributed by atoms with E-state index in [1.807, 2.05) is 44.2 Å². The number of thioether (sulfide) groups is 2. The van der Waals surface area contributed by atoms with Gasteiger partial charge in [0.2, 0.25) is 0 Å². The van der Waals surface area contributed by atoms with E-state index in [4.69, 9.17) is 4.74 Å². The third kappa shape index (κ3) is 4.54. The highest BCUT2D eigenvalue weighted by molar-refractivity contribution is 8.25. The third-order valence-electron chi connectivity index (χ3n) is 2.72. The monoisotopic (exact) mass is 322 g/mol. The highest BCUT2D eigenvalue weighted by Gasteiger charge is 2.23. The van der Waals surface area contributed by atoms with E-state index < -0.39 is 0 Å². The lowest BCUT2D eigenvalue weighted by molar-refractivity contribution is -0.137. The van der Waals surface area contributed by atoms with Gasteiger partial charge in [0.1, 0.15) is 5.57 Å². The summed E-state index contributed by atoms with van der Waals surface area (Å²) in [7, 11) is 0. The minimum Gasteiger partial charge on any atom is -0.462 e. The molecule has 2 rings (SSSR count). The van der Waals surface area contributed by atoms with Gasteiger partial charge in [0.05, 0.1) is 22.2 Å². The summed E-state index contributed by atoms with van der Waals surface area (Å²) in [6.45, 7) is 4.00. The van der Waals surface area contributed by atoms with Crippen molar-refractivity contribution in [2.24, 2.45) is 5.10 Å². The van der Waals surface area contributed by atoms with Gasteiger partial charge in [-0.25, -0.2) is 4.79 Å². The van der Waals surface area contributed by atoms with Crippen LogP contribution in [-0.4, -0.2) is 29.8 Å². The number of anilines is 1. The molecule has 0 aliphatic carbocycles. The molecule has 0 radical (unpaired) electrons. The van der Waals surface area contributed by atoms with E-state index in [9.17, 15) is 4.79 Å². The Kier molecular flexibility index (Phi) is 6.20. The van der Waals surface area contributed by atoms with Crippen LogP contribution in [0.5, 0.6) is 0 Å². The average molecular weight is 322 g/mol. The number of carbonyl (C=O) groups excluding carboxylic acids is 1. The summed E-state index contributed by atoms with van der Waals surface area (Å²) in [6, 6.07) is 9.65. The van der Waals surface area contributed by atoms with Crippen LogP contribution in [0.3, 0.4) is 0 Å². The van der Waals surface area contributed by atoms with Gasteiger partial charge in [-0.05, 0) is 26.0 Å². The van der Waals surface area contributed by atoms with Crippen molar-refractivity contribution in [1.29, 1.82) is 0 Å². The molecular formula is C15H18N2O2S2. The van der Waals surface area contributed by atoms with Crippen LogP contribution < -0.4 is 5.43 Å². The van der Waals surface area contributed by atoms with Crippen LogP contribution in [0, 0.1) is 0 Å². The Morgan fingerprint density at radius 3 is 2.57 bits per heavy atom. The Morgan fingerprint density at radius 2 is 1.95 bits per heavy atom. The van der Waals surface area contributed by atoms with Crippen molar-refractivity contribution >= 4 is 40.9 Å². The maximum atomic E-state index is 12.2. The first-order valence-corrected chi connectivity index (χ1v) is 8.72. The number of esters is 1. The van der Waals surface area contributed by atoms with Gasteiger partial charge in [0.25, 0.3) is 0 Å². The van der Waals surface area contributed by atoms with E-state index in [0.29, 0.717) is 17.9 Å².